The third-order valence-electron chi connectivity index (χ3n) is 1.09. The lowest BCUT2D eigenvalue weighted by atomic mass is 10.5. The monoisotopic (exact) mass is 238 g/mol. The van der Waals surface area contributed by atoms with Gasteiger partial charge in [-0.2, -0.15) is 0 Å². The highest BCUT2D eigenvalue weighted by Gasteiger charge is 2.03. The van der Waals surface area contributed by atoms with Crippen LogP contribution in [0.3, 0.4) is 0 Å². The molecule has 5 heteroatoms. The van der Waals surface area contributed by atoms with E-state index in [1.165, 1.54) is 0 Å². The molecule has 0 saturated heterocycles. The number of rotatable bonds is 5. The maximum atomic E-state index is 10.9. The van der Waals surface area contributed by atoms with Gasteiger partial charge in [0.25, 0.3) is 0 Å². The highest BCUT2D eigenvalue weighted by atomic mass is 32.2. The summed E-state index contributed by atoms with van der Waals surface area (Å²) >= 11 is 8.23. The maximum absolute atomic E-state index is 10.9. The normalized spacial score (nSPS) is 9.69. The van der Waals surface area contributed by atoms with Gasteiger partial charge in [-0.3, -0.25) is 4.79 Å². The number of hydrogen-bond donors (Lipinski definition) is 0. The van der Waals surface area contributed by atoms with Gasteiger partial charge in [0, 0.05) is 5.75 Å². The van der Waals surface area contributed by atoms with Crippen molar-refractivity contribution in [3.63, 3.8) is 0 Å². The summed E-state index contributed by atoms with van der Waals surface area (Å²) in [6.07, 6.45) is 0.447. The standard InChI is InChI=1S/C8H14O2S3/c1-3-10-7(9)5-6-13-8(11)12-4-2/h3-6H2,1-2H3. The smallest absolute Gasteiger partial charge is 0.306 e. The second-order valence-electron chi connectivity index (χ2n) is 2.09. The van der Waals surface area contributed by atoms with Crippen LogP contribution in [0.2, 0.25) is 0 Å². The molecule has 0 aromatic heterocycles. The van der Waals surface area contributed by atoms with Crippen LogP contribution >= 0.6 is 35.7 Å². The predicted octanol–water partition coefficient (Wildman–Crippen LogP) is 2.71. The van der Waals surface area contributed by atoms with Crippen molar-refractivity contribution in [2.24, 2.45) is 0 Å². The Morgan fingerprint density at radius 2 is 2.08 bits per heavy atom. The Kier molecular flexibility index (Phi) is 9.02. The van der Waals surface area contributed by atoms with Gasteiger partial charge in [0.05, 0.1) is 13.0 Å². The van der Waals surface area contributed by atoms with Crippen molar-refractivity contribution in [1.82, 2.24) is 0 Å². The van der Waals surface area contributed by atoms with Gasteiger partial charge in [0.15, 0.2) is 0 Å². The van der Waals surface area contributed by atoms with Crippen LogP contribution in [-0.2, 0) is 9.53 Å². The Balaban J connectivity index is 3.33. The van der Waals surface area contributed by atoms with Gasteiger partial charge in [0.1, 0.15) is 3.53 Å². The van der Waals surface area contributed by atoms with Crippen LogP contribution in [0.1, 0.15) is 20.3 Å². The SMILES string of the molecule is CCOC(=O)CCSC(=S)SCC. The van der Waals surface area contributed by atoms with E-state index in [-0.39, 0.29) is 5.97 Å². The molecule has 0 spiro atoms. The molecule has 0 atom stereocenters. The fraction of sp³-hybridized carbons (Fsp3) is 0.750. The molecule has 0 aliphatic rings. The van der Waals surface area contributed by atoms with Gasteiger partial charge in [0.2, 0.25) is 0 Å². The Bertz CT molecular complexity index is 153. The van der Waals surface area contributed by atoms with Crippen LogP contribution in [-0.4, -0.2) is 27.6 Å². The first-order valence-corrected chi connectivity index (χ1v) is 6.53. The Morgan fingerprint density at radius 1 is 1.38 bits per heavy atom. The van der Waals surface area contributed by atoms with Gasteiger partial charge in [-0.05, 0) is 12.7 Å². The molecule has 0 aromatic carbocycles. The number of carbonyl (C=O) groups is 1. The third-order valence-corrected chi connectivity index (χ3v) is 3.68. The maximum Gasteiger partial charge on any atom is 0.306 e. The molecule has 0 saturated carbocycles. The molecule has 0 radical (unpaired) electrons. The molecule has 0 aliphatic carbocycles. The third kappa shape index (κ3) is 8.59. The van der Waals surface area contributed by atoms with Crippen molar-refractivity contribution in [2.45, 2.75) is 20.3 Å². The van der Waals surface area contributed by atoms with Crippen LogP contribution in [0, 0.1) is 0 Å². The Hall–Kier alpha value is 0.260. The summed E-state index contributed by atoms with van der Waals surface area (Å²) in [5.41, 5.74) is 0. The molecule has 0 heterocycles. The fourth-order valence-electron chi connectivity index (χ4n) is 0.610. The molecule has 2 nitrogen and oxygen atoms in total. The molecule has 0 unspecified atom stereocenters. The average Bonchev–Trinajstić information content (AvgIpc) is 2.05. The van der Waals surface area contributed by atoms with Crippen molar-refractivity contribution in [3.05, 3.63) is 0 Å². The minimum atomic E-state index is -0.140. The van der Waals surface area contributed by atoms with Gasteiger partial charge in [-0.25, -0.2) is 0 Å². The summed E-state index contributed by atoms with van der Waals surface area (Å²) in [4.78, 5) is 10.9. The van der Waals surface area contributed by atoms with E-state index in [9.17, 15) is 4.79 Å². The lowest BCUT2D eigenvalue weighted by Gasteiger charge is -2.01. The van der Waals surface area contributed by atoms with Gasteiger partial charge in [-0.1, -0.05) is 19.1 Å². The molecule has 76 valence electrons. The molecule has 0 aromatic rings. The number of esters is 1. The molecule has 0 rings (SSSR count). The quantitative estimate of drug-likeness (QED) is 0.542. The molecule has 13 heavy (non-hydrogen) atoms. The van der Waals surface area contributed by atoms with E-state index in [1.807, 2.05) is 6.92 Å². The summed E-state index contributed by atoms with van der Waals surface area (Å²) in [6.45, 7) is 4.32. The number of ether oxygens (including phenoxy) is 1. The zero-order valence-electron chi connectivity index (χ0n) is 7.87. The highest BCUT2D eigenvalue weighted by Crippen LogP contribution is 2.17. The molecular weight excluding hydrogens is 224 g/mol. The van der Waals surface area contributed by atoms with Crippen molar-refractivity contribution < 1.29 is 9.53 Å². The van der Waals surface area contributed by atoms with Gasteiger partial charge in [-0.15, -0.1) is 23.5 Å². The van der Waals surface area contributed by atoms with Gasteiger partial charge >= 0.3 is 5.97 Å². The van der Waals surface area contributed by atoms with Crippen LogP contribution in [0.15, 0.2) is 0 Å². The van der Waals surface area contributed by atoms with E-state index >= 15 is 0 Å². The predicted molar refractivity (Wildman–Crippen MR) is 64.4 cm³/mol. The summed E-state index contributed by atoms with van der Waals surface area (Å²) < 4.78 is 5.69. The van der Waals surface area contributed by atoms with Crippen molar-refractivity contribution in [2.75, 3.05) is 18.1 Å². The molecule has 0 fully saturated rings. The van der Waals surface area contributed by atoms with Crippen molar-refractivity contribution in [3.8, 4) is 0 Å². The number of thioether (sulfide) groups is 2. The second-order valence-corrected chi connectivity index (χ2v) is 5.65. The topological polar surface area (TPSA) is 26.3 Å². The first kappa shape index (κ1) is 13.3. The summed E-state index contributed by atoms with van der Waals surface area (Å²) in [6, 6.07) is 0. The first-order valence-electron chi connectivity index (χ1n) is 4.15. The van der Waals surface area contributed by atoms with Crippen LogP contribution in [0.4, 0.5) is 0 Å². The number of carbonyl (C=O) groups excluding carboxylic acids is 1. The molecule has 0 aliphatic heterocycles. The Labute approximate surface area is 93.2 Å². The van der Waals surface area contributed by atoms with Crippen LogP contribution in [0.5, 0.6) is 0 Å². The molecule has 0 amide bonds. The average molecular weight is 238 g/mol. The second kappa shape index (κ2) is 8.84. The summed E-state index contributed by atoms with van der Waals surface area (Å²) in [5.74, 6) is 1.58. The van der Waals surface area contributed by atoms with Gasteiger partial charge < -0.3 is 4.74 Å². The van der Waals surface area contributed by atoms with Crippen molar-refractivity contribution >= 4 is 45.2 Å². The molecular formula is C8H14O2S3. The zero-order chi connectivity index (χ0) is 10.1. The number of thiocarbonyl (C=S) groups is 1. The first-order chi connectivity index (χ1) is 6.20. The van der Waals surface area contributed by atoms with Crippen molar-refractivity contribution in [1.29, 1.82) is 0 Å². The highest BCUT2D eigenvalue weighted by molar-refractivity contribution is 8.47. The Morgan fingerprint density at radius 3 is 2.62 bits per heavy atom. The zero-order valence-corrected chi connectivity index (χ0v) is 10.3. The largest absolute Gasteiger partial charge is 0.466 e. The van der Waals surface area contributed by atoms with E-state index in [2.05, 4.69) is 6.92 Å². The minimum Gasteiger partial charge on any atom is -0.466 e. The summed E-state index contributed by atoms with van der Waals surface area (Å²) in [5, 5.41) is 0. The van der Waals surface area contributed by atoms with E-state index in [4.69, 9.17) is 17.0 Å². The minimum absolute atomic E-state index is 0.140. The van der Waals surface area contributed by atoms with E-state index in [0.717, 1.165) is 15.0 Å². The van der Waals surface area contributed by atoms with E-state index < -0.39 is 0 Å². The van der Waals surface area contributed by atoms with E-state index in [0.29, 0.717) is 13.0 Å². The summed E-state index contributed by atoms with van der Waals surface area (Å²) in [7, 11) is 0. The lowest BCUT2D eigenvalue weighted by molar-refractivity contribution is -0.142. The van der Waals surface area contributed by atoms with E-state index in [1.54, 1.807) is 23.5 Å². The molecule has 0 bridgehead atoms. The number of hydrogen-bond acceptors (Lipinski definition) is 5. The molecule has 0 N–H and O–H groups in total. The van der Waals surface area contributed by atoms with Crippen LogP contribution < -0.4 is 0 Å². The fourth-order valence-corrected chi connectivity index (χ4v) is 2.82. The van der Waals surface area contributed by atoms with Crippen LogP contribution in [0.25, 0.3) is 0 Å². The lowest BCUT2D eigenvalue weighted by Crippen LogP contribution is -2.05.